The molecule has 6 heteroatoms. The molecule has 0 aliphatic carbocycles. The Bertz CT molecular complexity index is 1390. The smallest absolute Gasteiger partial charge is 0.306 e. The van der Waals surface area contributed by atoms with Crippen molar-refractivity contribution >= 4 is 17.9 Å². The van der Waals surface area contributed by atoms with Crippen molar-refractivity contribution in [2.45, 2.75) is 245 Å². The maximum Gasteiger partial charge on any atom is 0.306 e. The first-order chi connectivity index (χ1) is 33.0. The van der Waals surface area contributed by atoms with E-state index >= 15 is 0 Å². The molecule has 0 aliphatic rings. The van der Waals surface area contributed by atoms with Crippen LogP contribution in [0.15, 0.2) is 109 Å². The van der Waals surface area contributed by atoms with Crippen LogP contribution in [0.25, 0.3) is 0 Å². The lowest BCUT2D eigenvalue weighted by molar-refractivity contribution is -0.167. The third-order valence-electron chi connectivity index (χ3n) is 11.4. The molecule has 0 amide bonds. The summed E-state index contributed by atoms with van der Waals surface area (Å²) in [7, 11) is 0. The van der Waals surface area contributed by atoms with Crippen molar-refractivity contribution in [1.29, 1.82) is 0 Å². The van der Waals surface area contributed by atoms with Gasteiger partial charge in [-0.2, -0.15) is 0 Å². The summed E-state index contributed by atoms with van der Waals surface area (Å²) in [5.74, 6) is -0.954. The summed E-state index contributed by atoms with van der Waals surface area (Å²) >= 11 is 0. The fourth-order valence-electron chi connectivity index (χ4n) is 7.30. The lowest BCUT2D eigenvalue weighted by Crippen LogP contribution is -2.30. The average molecular weight is 929 g/mol. The molecule has 0 saturated heterocycles. The molecule has 0 bridgehead atoms. The van der Waals surface area contributed by atoms with Crippen molar-refractivity contribution in [3.8, 4) is 0 Å². The van der Waals surface area contributed by atoms with Gasteiger partial charge >= 0.3 is 17.9 Å². The van der Waals surface area contributed by atoms with Crippen LogP contribution in [0.2, 0.25) is 0 Å². The monoisotopic (exact) mass is 929 g/mol. The highest BCUT2D eigenvalue weighted by molar-refractivity contribution is 5.71. The molecular formula is C61H100O6. The Morgan fingerprint density at radius 3 is 1.12 bits per heavy atom. The molecule has 67 heavy (non-hydrogen) atoms. The van der Waals surface area contributed by atoms with Gasteiger partial charge in [-0.15, -0.1) is 0 Å². The minimum Gasteiger partial charge on any atom is -0.462 e. The number of carbonyl (C=O) groups excluding carboxylic acids is 3. The van der Waals surface area contributed by atoms with Crippen LogP contribution in [0.4, 0.5) is 0 Å². The van der Waals surface area contributed by atoms with Crippen LogP contribution >= 0.6 is 0 Å². The van der Waals surface area contributed by atoms with E-state index in [0.29, 0.717) is 19.3 Å². The summed E-state index contributed by atoms with van der Waals surface area (Å²) in [5.41, 5.74) is 0. The SMILES string of the molecule is CC\C=C/C=C\C=C/C=C\C=C/CCCCCC(=O)OC(COC(=O)CCCCCCCCC/C=C\CCCCCC)COC(=O)CCCCCCCCCCC/C=C\C/C=C\C/C=C\CC. The third kappa shape index (κ3) is 52.9. The zero-order valence-electron chi connectivity index (χ0n) is 43.4. The van der Waals surface area contributed by atoms with Gasteiger partial charge < -0.3 is 14.2 Å². The van der Waals surface area contributed by atoms with Gasteiger partial charge in [0.05, 0.1) is 0 Å². The van der Waals surface area contributed by atoms with E-state index in [4.69, 9.17) is 14.2 Å². The fourth-order valence-corrected chi connectivity index (χ4v) is 7.30. The van der Waals surface area contributed by atoms with Crippen LogP contribution in [0.1, 0.15) is 239 Å². The van der Waals surface area contributed by atoms with Gasteiger partial charge in [0.1, 0.15) is 13.2 Å². The third-order valence-corrected chi connectivity index (χ3v) is 11.4. The molecule has 0 N–H and O–H groups in total. The second-order valence-corrected chi connectivity index (χ2v) is 17.8. The maximum atomic E-state index is 12.8. The zero-order valence-corrected chi connectivity index (χ0v) is 43.4. The number of rotatable bonds is 48. The van der Waals surface area contributed by atoms with E-state index in [9.17, 15) is 14.4 Å². The molecular weight excluding hydrogens is 829 g/mol. The average Bonchev–Trinajstić information content (AvgIpc) is 3.33. The van der Waals surface area contributed by atoms with Crippen LogP contribution in [0.5, 0.6) is 0 Å². The van der Waals surface area contributed by atoms with Crippen molar-refractivity contribution < 1.29 is 28.6 Å². The van der Waals surface area contributed by atoms with Crippen molar-refractivity contribution in [1.82, 2.24) is 0 Å². The Kier molecular flexibility index (Phi) is 51.5. The van der Waals surface area contributed by atoms with Gasteiger partial charge in [-0.1, -0.05) is 233 Å². The van der Waals surface area contributed by atoms with Gasteiger partial charge in [0.15, 0.2) is 6.10 Å². The Morgan fingerprint density at radius 2 is 0.657 bits per heavy atom. The van der Waals surface area contributed by atoms with E-state index in [1.54, 1.807) is 0 Å². The summed E-state index contributed by atoms with van der Waals surface area (Å²) in [5, 5.41) is 0. The number of esters is 3. The van der Waals surface area contributed by atoms with Gasteiger partial charge in [0.2, 0.25) is 0 Å². The molecule has 0 aliphatic heterocycles. The molecule has 0 aromatic rings. The predicted octanol–water partition coefficient (Wildman–Crippen LogP) is 18.3. The number of unbranched alkanes of at least 4 members (excludes halogenated alkanes) is 23. The second kappa shape index (κ2) is 54.7. The summed E-state index contributed by atoms with van der Waals surface area (Å²) in [4.78, 5) is 38.1. The quantitative estimate of drug-likeness (QED) is 0.0199. The Balaban J connectivity index is 4.46. The fraction of sp³-hybridized carbons (Fsp3) is 0.656. The van der Waals surface area contributed by atoms with Gasteiger partial charge in [-0.25, -0.2) is 0 Å². The second-order valence-electron chi connectivity index (χ2n) is 17.8. The highest BCUT2D eigenvalue weighted by atomic mass is 16.6. The Labute approximate surface area is 412 Å². The summed E-state index contributed by atoms with van der Waals surface area (Å²) in [6, 6.07) is 0. The number of hydrogen-bond acceptors (Lipinski definition) is 6. The van der Waals surface area contributed by atoms with E-state index in [1.807, 2.05) is 48.6 Å². The Hall–Kier alpha value is -3.93. The molecule has 0 rings (SSSR count). The molecule has 380 valence electrons. The molecule has 0 aromatic heterocycles. The first kappa shape index (κ1) is 63.1. The topological polar surface area (TPSA) is 78.9 Å². The van der Waals surface area contributed by atoms with E-state index in [0.717, 1.165) is 83.5 Å². The highest BCUT2D eigenvalue weighted by Gasteiger charge is 2.19. The minimum absolute atomic E-state index is 0.101. The van der Waals surface area contributed by atoms with Gasteiger partial charge in [0.25, 0.3) is 0 Å². The van der Waals surface area contributed by atoms with Crippen molar-refractivity contribution in [2.24, 2.45) is 0 Å². The molecule has 0 spiro atoms. The lowest BCUT2D eigenvalue weighted by Gasteiger charge is -2.18. The van der Waals surface area contributed by atoms with Gasteiger partial charge in [0, 0.05) is 19.3 Å². The maximum absolute atomic E-state index is 12.8. The van der Waals surface area contributed by atoms with Crippen LogP contribution < -0.4 is 0 Å². The van der Waals surface area contributed by atoms with Gasteiger partial charge in [-0.05, 0) is 96.3 Å². The molecule has 0 heterocycles. The lowest BCUT2D eigenvalue weighted by atomic mass is 10.1. The van der Waals surface area contributed by atoms with Crippen LogP contribution in [-0.4, -0.2) is 37.2 Å². The number of hydrogen-bond donors (Lipinski definition) is 0. The van der Waals surface area contributed by atoms with Crippen LogP contribution in [0, 0.1) is 0 Å². The van der Waals surface area contributed by atoms with Crippen molar-refractivity contribution in [2.75, 3.05) is 13.2 Å². The predicted molar refractivity (Wildman–Crippen MR) is 288 cm³/mol. The first-order valence-corrected chi connectivity index (χ1v) is 27.5. The number of carbonyl (C=O) groups is 3. The van der Waals surface area contributed by atoms with Crippen molar-refractivity contribution in [3.63, 3.8) is 0 Å². The largest absolute Gasteiger partial charge is 0.462 e. The number of ether oxygens (including phenoxy) is 3. The van der Waals surface area contributed by atoms with E-state index in [-0.39, 0.29) is 37.5 Å². The van der Waals surface area contributed by atoms with E-state index in [2.05, 4.69) is 81.5 Å². The van der Waals surface area contributed by atoms with Gasteiger partial charge in [-0.3, -0.25) is 14.4 Å². The summed E-state index contributed by atoms with van der Waals surface area (Å²) in [6.07, 6.45) is 73.6. The summed E-state index contributed by atoms with van der Waals surface area (Å²) in [6.45, 7) is 6.33. The number of allylic oxidation sites excluding steroid dienone is 18. The Morgan fingerprint density at radius 1 is 0.328 bits per heavy atom. The molecule has 0 saturated carbocycles. The normalized spacial score (nSPS) is 12.9. The van der Waals surface area contributed by atoms with E-state index < -0.39 is 6.10 Å². The zero-order chi connectivity index (χ0) is 48.6. The van der Waals surface area contributed by atoms with E-state index in [1.165, 1.54) is 109 Å². The summed E-state index contributed by atoms with van der Waals surface area (Å²) < 4.78 is 16.8. The minimum atomic E-state index is -0.806. The molecule has 1 unspecified atom stereocenters. The molecule has 0 aromatic carbocycles. The molecule has 1 atom stereocenters. The van der Waals surface area contributed by atoms with Crippen LogP contribution in [-0.2, 0) is 28.6 Å². The van der Waals surface area contributed by atoms with Crippen LogP contribution in [0.3, 0.4) is 0 Å². The molecule has 6 nitrogen and oxygen atoms in total. The molecule has 0 radical (unpaired) electrons. The standard InChI is InChI=1S/C61H100O6/c1-4-7-10-13-16-19-22-25-28-29-30-31-34-36-39-42-45-48-51-54-60(63)66-57-58(67-61(64)55-52-49-46-43-40-37-33-27-24-21-18-15-12-9-6-3)56-65-59(62)53-50-47-44-41-38-35-32-26-23-20-17-14-11-8-5-2/h7,9-10,12,15-16,18-21,23-25,27-28,33,37,40,58H,4-6,8,11,13-14,17,22,26,29-32,34-36,38-39,41-57H2,1-3H3/b10-7-,12-9-,18-15-,19-16-,23-20-,24-21-,28-25-,33-27-,40-37-. The molecule has 0 fully saturated rings. The first-order valence-electron chi connectivity index (χ1n) is 27.5. The highest BCUT2D eigenvalue weighted by Crippen LogP contribution is 2.14. The van der Waals surface area contributed by atoms with Crippen molar-refractivity contribution in [3.05, 3.63) is 109 Å².